The predicted molar refractivity (Wildman–Crippen MR) is 116 cm³/mol. The van der Waals surface area contributed by atoms with E-state index in [-0.39, 0.29) is 18.1 Å². The van der Waals surface area contributed by atoms with Crippen LogP contribution in [0.1, 0.15) is 46.5 Å². The lowest BCUT2D eigenvalue weighted by Gasteiger charge is -2.41. The first-order valence-electron chi connectivity index (χ1n) is 11.1. The number of para-hydroxylation sites is 2. The first-order chi connectivity index (χ1) is 14.7. The van der Waals surface area contributed by atoms with Gasteiger partial charge in [-0.05, 0) is 65.1 Å². The van der Waals surface area contributed by atoms with E-state index in [1.165, 1.54) is 4.90 Å². The van der Waals surface area contributed by atoms with E-state index in [0.717, 1.165) is 44.0 Å². The third-order valence-electron chi connectivity index (χ3n) is 6.31. The number of carboxylic acid groups (broad SMARTS) is 1. The van der Waals surface area contributed by atoms with Crippen molar-refractivity contribution in [2.45, 2.75) is 69.7 Å². The highest BCUT2D eigenvalue weighted by Gasteiger charge is 2.60. The van der Waals surface area contributed by atoms with Crippen LogP contribution in [0.25, 0.3) is 0 Å². The molecule has 0 radical (unpaired) electrons. The molecule has 2 aliphatic heterocycles. The van der Waals surface area contributed by atoms with Crippen LogP contribution in [0.3, 0.4) is 0 Å². The summed E-state index contributed by atoms with van der Waals surface area (Å²) < 4.78 is 11.9. The lowest BCUT2D eigenvalue weighted by atomic mass is 10.00. The van der Waals surface area contributed by atoms with Crippen LogP contribution in [-0.2, 0) is 4.79 Å². The monoisotopic (exact) mass is 431 g/mol. The van der Waals surface area contributed by atoms with Gasteiger partial charge in [0, 0.05) is 24.7 Å². The first-order valence-corrected chi connectivity index (χ1v) is 11.1. The van der Waals surface area contributed by atoms with Crippen molar-refractivity contribution in [3.05, 3.63) is 24.3 Å². The second-order valence-electron chi connectivity index (χ2n) is 9.89. The fraction of sp³-hybridized carbons (Fsp3) is 0.652. The minimum absolute atomic E-state index is 0.00568. The van der Waals surface area contributed by atoms with Crippen molar-refractivity contribution in [1.82, 2.24) is 15.1 Å². The summed E-state index contributed by atoms with van der Waals surface area (Å²) in [5.41, 5.74) is -1.57. The standard InChI is InChI=1S/C23H33N3O5/c1-22(2,3)26(21(28)29)23(10-11-23)20(27)24-16-7-6-12-25(13-16)14-17-15-30-18-8-4-5-9-19(18)31-17/h4-5,8-9,16-17H,6-7,10-15H2,1-3H3,(H,24,27)(H,28,29)/t16-,17-/m0/s1. The summed E-state index contributed by atoms with van der Waals surface area (Å²) in [5, 5.41) is 12.9. The fourth-order valence-corrected chi connectivity index (χ4v) is 4.88. The van der Waals surface area contributed by atoms with Gasteiger partial charge in [0.2, 0.25) is 5.91 Å². The molecule has 2 N–H and O–H groups in total. The van der Waals surface area contributed by atoms with Crippen LogP contribution >= 0.6 is 0 Å². The summed E-state index contributed by atoms with van der Waals surface area (Å²) in [4.78, 5) is 28.7. The van der Waals surface area contributed by atoms with E-state index in [1.54, 1.807) is 0 Å². The molecule has 8 nitrogen and oxygen atoms in total. The van der Waals surface area contributed by atoms with Crippen molar-refractivity contribution in [2.75, 3.05) is 26.2 Å². The Labute approximate surface area is 183 Å². The summed E-state index contributed by atoms with van der Waals surface area (Å²) in [7, 11) is 0. The molecule has 1 saturated carbocycles. The van der Waals surface area contributed by atoms with Gasteiger partial charge in [-0.3, -0.25) is 14.6 Å². The highest BCUT2D eigenvalue weighted by atomic mass is 16.6. The molecule has 4 rings (SSSR count). The Kier molecular flexibility index (Phi) is 5.77. The zero-order chi connectivity index (χ0) is 22.2. The van der Waals surface area contributed by atoms with Gasteiger partial charge in [0.25, 0.3) is 0 Å². The van der Waals surface area contributed by atoms with E-state index in [9.17, 15) is 14.7 Å². The maximum atomic E-state index is 13.1. The second-order valence-corrected chi connectivity index (χ2v) is 9.89. The molecule has 31 heavy (non-hydrogen) atoms. The van der Waals surface area contributed by atoms with Crippen molar-refractivity contribution < 1.29 is 24.2 Å². The molecule has 1 aromatic carbocycles. The number of carbonyl (C=O) groups excluding carboxylic acids is 1. The van der Waals surface area contributed by atoms with Gasteiger partial charge in [-0.1, -0.05) is 12.1 Å². The number of ether oxygens (including phenoxy) is 2. The van der Waals surface area contributed by atoms with Crippen LogP contribution in [-0.4, -0.2) is 76.4 Å². The molecular formula is C23H33N3O5. The van der Waals surface area contributed by atoms with E-state index in [4.69, 9.17) is 9.47 Å². The van der Waals surface area contributed by atoms with E-state index >= 15 is 0 Å². The number of rotatable bonds is 5. The topological polar surface area (TPSA) is 91.3 Å². The van der Waals surface area contributed by atoms with E-state index in [0.29, 0.717) is 19.4 Å². The van der Waals surface area contributed by atoms with Gasteiger partial charge >= 0.3 is 6.09 Å². The molecule has 3 aliphatic rings. The number of amides is 2. The van der Waals surface area contributed by atoms with Crippen molar-refractivity contribution in [2.24, 2.45) is 0 Å². The molecule has 2 heterocycles. The Morgan fingerprint density at radius 2 is 1.97 bits per heavy atom. The summed E-state index contributed by atoms with van der Waals surface area (Å²) >= 11 is 0. The molecule has 0 aromatic heterocycles. The van der Waals surface area contributed by atoms with Crippen molar-refractivity contribution in [3.8, 4) is 11.5 Å². The number of fused-ring (bicyclic) bond motifs is 1. The van der Waals surface area contributed by atoms with Gasteiger partial charge < -0.3 is 19.9 Å². The first kappa shape index (κ1) is 21.7. The molecule has 8 heteroatoms. The molecule has 0 spiro atoms. The summed E-state index contributed by atoms with van der Waals surface area (Å²) in [5.74, 6) is 1.38. The SMILES string of the molecule is CC(C)(C)N(C(=O)O)C1(C(=O)N[C@H]2CCCN(C[C@H]3COc4ccccc4O3)C2)CC1. The number of hydrogen-bond acceptors (Lipinski definition) is 5. The number of hydrogen-bond donors (Lipinski definition) is 2. The molecule has 2 atom stereocenters. The molecule has 1 saturated heterocycles. The summed E-state index contributed by atoms with van der Waals surface area (Å²) in [6, 6.07) is 7.69. The maximum absolute atomic E-state index is 13.1. The van der Waals surface area contributed by atoms with E-state index in [2.05, 4.69) is 10.2 Å². The van der Waals surface area contributed by atoms with Crippen LogP contribution in [0.2, 0.25) is 0 Å². The molecule has 1 aromatic rings. The number of likely N-dealkylation sites (tertiary alicyclic amines) is 1. The van der Waals surface area contributed by atoms with Gasteiger partial charge in [-0.2, -0.15) is 0 Å². The molecule has 0 bridgehead atoms. The quantitative estimate of drug-likeness (QED) is 0.745. The fourth-order valence-electron chi connectivity index (χ4n) is 4.88. The minimum atomic E-state index is -1.04. The van der Waals surface area contributed by atoms with Crippen LogP contribution in [0.5, 0.6) is 11.5 Å². The van der Waals surface area contributed by atoms with Gasteiger partial charge in [-0.25, -0.2) is 4.79 Å². The minimum Gasteiger partial charge on any atom is -0.486 e. The van der Waals surface area contributed by atoms with E-state index in [1.807, 2.05) is 45.0 Å². The van der Waals surface area contributed by atoms with Gasteiger partial charge in [0.1, 0.15) is 18.2 Å². The zero-order valence-corrected chi connectivity index (χ0v) is 18.6. The third kappa shape index (κ3) is 4.59. The smallest absolute Gasteiger partial charge is 0.408 e. The van der Waals surface area contributed by atoms with Crippen LogP contribution in [0.4, 0.5) is 4.79 Å². The van der Waals surface area contributed by atoms with Gasteiger partial charge in [-0.15, -0.1) is 0 Å². The van der Waals surface area contributed by atoms with E-state index < -0.39 is 17.2 Å². The van der Waals surface area contributed by atoms with Crippen LogP contribution in [0, 0.1) is 0 Å². The summed E-state index contributed by atoms with van der Waals surface area (Å²) in [6.07, 6.45) is 1.93. The molecule has 2 amide bonds. The van der Waals surface area contributed by atoms with Crippen molar-refractivity contribution >= 4 is 12.0 Å². The maximum Gasteiger partial charge on any atom is 0.408 e. The number of benzene rings is 1. The lowest BCUT2D eigenvalue weighted by Crippen LogP contribution is -2.61. The van der Waals surface area contributed by atoms with Gasteiger partial charge in [0.15, 0.2) is 11.5 Å². The number of nitrogens with zero attached hydrogens (tertiary/aromatic N) is 2. The highest BCUT2D eigenvalue weighted by molar-refractivity contribution is 5.93. The predicted octanol–water partition coefficient (Wildman–Crippen LogP) is 2.72. The van der Waals surface area contributed by atoms with Crippen molar-refractivity contribution in [3.63, 3.8) is 0 Å². The normalized spacial score (nSPS) is 24.9. The molecule has 0 unspecified atom stereocenters. The van der Waals surface area contributed by atoms with Crippen molar-refractivity contribution in [1.29, 1.82) is 0 Å². The average Bonchev–Trinajstić information content (AvgIpc) is 3.48. The largest absolute Gasteiger partial charge is 0.486 e. The summed E-state index contributed by atoms with van der Waals surface area (Å²) in [6.45, 7) is 8.42. The number of nitrogens with one attached hydrogen (secondary N) is 1. The third-order valence-corrected chi connectivity index (χ3v) is 6.31. The Bertz CT molecular complexity index is 833. The molecule has 170 valence electrons. The molecule has 1 aliphatic carbocycles. The van der Waals surface area contributed by atoms with Crippen LogP contribution < -0.4 is 14.8 Å². The number of carbonyl (C=O) groups is 2. The molecule has 2 fully saturated rings. The Hall–Kier alpha value is -2.48. The lowest BCUT2D eigenvalue weighted by molar-refractivity contribution is -0.130. The second kappa shape index (κ2) is 8.22. The zero-order valence-electron chi connectivity index (χ0n) is 18.6. The van der Waals surface area contributed by atoms with Crippen LogP contribution in [0.15, 0.2) is 24.3 Å². The average molecular weight is 432 g/mol. The number of piperidine rings is 1. The Morgan fingerprint density at radius 1 is 1.26 bits per heavy atom. The Morgan fingerprint density at radius 3 is 2.61 bits per heavy atom. The Balaban J connectivity index is 1.34. The molecular weight excluding hydrogens is 398 g/mol. The van der Waals surface area contributed by atoms with Gasteiger partial charge in [0.05, 0.1) is 0 Å². The highest BCUT2D eigenvalue weighted by Crippen LogP contribution is 2.45.